The number of aromatic nitrogens is 4. The van der Waals surface area contributed by atoms with E-state index in [1.54, 1.807) is 13.0 Å². The molecule has 1 amide bonds. The van der Waals surface area contributed by atoms with E-state index in [9.17, 15) is 4.79 Å². The van der Waals surface area contributed by atoms with E-state index in [0.29, 0.717) is 42.2 Å². The van der Waals surface area contributed by atoms with Gasteiger partial charge < -0.3 is 25.1 Å². The van der Waals surface area contributed by atoms with Gasteiger partial charge in [-0.25, -0.2) is 28.7 Å². The number of pyridine rings is 1. The van der Waals surface area contributed by atoms with Crippen molar-refractivity contribution >= 4 is 45.4 Å². The Hall–Kier alpha value is -4.33. The van der Waals surface area contributed by atoms with Gasteiger partial charge in [0.1, 0.15) is 28.6 Å². The predicted molar refractivity (Wildman–Crippen MR) is 151 cm³/mol. The number of benzene rings is 1. The van der Waals surface area contributed by atoms with Crippen LogP contribution in [0, 0.1) is 17.6 Å². The van der Waals surface area contributed by atoms with Crippen LogP contribution in [0.2, 0.25) is 0 Å². The molecule has 4 aromatic rings. The number of nitrogens with one attached hydrogen (secondary N) is 1. The third kappa shape index (κ3) is 4.40. The molecule has 0 bridgehead atoms. The first-order valence-corrected chi connectivity index (χ1v) is 14.3. The van der Waals surface area contributed by atoms with Gasteiger partial charge in [-0.3, -0.25) is 9.79 Å². The number of rotatable bonds is 7. The van der Waals surface area contributed by atoms with Gasteiger partial charge in [-0.15, -0.1) is 0 Å². The largest absolute Gasteiger partial charge is 0.482 e. The fraction of sp³-hybridized carbons (Fsp3) is 0.357. The number of ether oxygens (including phenoxy) is 1. The number of nitrogens with zero attached hydrogens (tertiary/aromatic N) is 6. The molecule has 2 fully saturated rings. The van der Waals surface area contributed by atoms with Crippen LogP contribution < -0.4 is 15.8 Å². The number of oxazole rings is 1. The smallest absolute Gasteiger partial charge is 0.239 e. The molecule has 1 saturated heterocycles. The summed E-state index contributed by atoms with van der Waals surface area (Å²) in [6, 6.07) is 4.22. The molecule has 1 aromatic carbocycles. The maximum absolute atomic E-state index is 15.5. The first-order chi connectivity index (χ1) is 20.3. The first kappa shape index (κ1) is 26.6. The number of hydrogen-bond acceptors (Lipinski definition) is 11. The number of hydrogen-bond donors (Lipinski definition) is 2. The van der Waals surface area contributed by atoms with E-state index in [1.807, 2.05) is 4.90 Å². The lowest BCUT2D eigenvalue weighted by Gasteiger charge is -2.35. The molecule has 1 saturated carbocycles. The molecule has 0 spiro atoms. The van der Waals surface area contributed by atoms with Crippen molar-refractivity contribution in [1.82, 2.24) is 24.8 Å². The number of aliphatic imine (C=N–C) groups is 1. The third-order valence-corrected chi connectivity index (χ3v) is 9.40. The second-order valence-electron chi connectivity index (χ2n) is 10.8. The molecule has 3 aliphatic rings. The molecule has 11 nitrogen and oxygen atoms in total. The maximum Gasteiger partial charge on any atom is 0.239 e. The molecule has 0 unspecified atom stereocenters. The van der Waals surface area contributed by atoms with Crippen molar-refractivity contribution in [1.29, 1.82) is 0 Å². The molecule has 0 radical (unpaired) electrons. The number of nitrogens with two attached hydrogens (primary N) is 1. The summed E-state index contributed by atoms with van der Waals surface area (Å²) in [7, 11) is 0. The standard InChI is InChI=1S/C28H26F2N8O3S/c1-27(20-11-28(20,42-26(31)37-27)25(39)38-5-2-3-6-38)17-8-15(9-18(29)22(17)30)36-24-23-19(34-14-35-24)10-16(12-33-23)41-13-21-32-4-7-40-21/h4,7-10,12,14,20H,2-3,5-6,11,13H2,1H3,(H2,31,37)(H,34,35,36)/t20-,27-,28-/m0/s1. The fourth-order valence-corrected chi connectivity index (χ4v) is 7.42. The summed E-state index contributed by atoms with van der Waals surface area (Å²) >= 11 is 1.24. The Kier molecular flexibility index (Phi) is 6.26. The van der Waals surface area contributed by atoms with Crippen LogP contribution in [-0.4, -0.2) is 53.7 Å². The zero-order chi connectivity index (χ0) is 29.1. The number of carbonyl (C=O) groups excluding carboxylic acids is 1. The highest BCUT2D eigenvalue weighted by Crippen LogP contribution is 2.66. The van der Waals surface area contributed by atoms with Gasteiger partial charge in [-0.05, 0) is 32.3 Å². The van der Waals surface area contributed by atoms with Crippen LogP contribution in [0.15, 0.2) is 52.6 Å². The molecule has 3 atom stereocenters. The zero-order valence-corrected chi connectivity index (χ0v) is 23.3. The van der Waals surface area contributed by atoms with Gasteiger partial charge in [0, 0.05) is 42.4 Å². The quantitative estimate of drug-likeness (QED) is 0.319. The maximum atomic E-state index is 15.5. The summed E-state index contributed by atoms with van der Waals surface area (Å²) in [6.45, 7) is 3.22. The third-order valence-electron chi connectivity index (χ3n) is 8.11. The minimum absolute atomic E-state index is 0.00321. The van der Waals surface area contributed by atoms with Crippen LogP contribution in [0.1, 0.15) is 37.6 Å². The molecule has 14 heteroatoms. The molecule has 216 valence electrons. The molecule has 42 heavy (non-hydrogen) atoms. The number of halogens is 2. The zero-order valence-electron chi connectivity index (χ0n) is 22.5. The van der Waals surface area contributed by atoms with Crippen LogP contribution in [0.25, 0.3) is 11.0 Å². The van der Waals surface area contributed by atoms with E-state index >= 15 is 8.78 Å². The van der Waals surface area contributed by atoms with Gasteiger partial charge in [0.05, 0.1) is 23.4 Å². The fourth-order valence-electron chi connectivity index (χ4n) is 5.97. The van der Waals surface area contributed by atoms with Crippen LogP contribution in [-0.2, 0) is 16.9 Å². The van der Waals surface area contributed by atoms with Gasteiger partial charge in [-0.2, -0.15) is 0 Å². The first-order valence-electron chi connectivity index (χ1n) is 13.5. The lowest BCUT2D eigenvalue weighted by atomic mass is 9.85. The normalized spacial score (nSPS) is 24.8. The van der Waals surface area contributed by atoms with Crippen molar-refractivity contribution in [3.63, 3.8) is 0 Å². The van der Waals surface area contributed by atoms with Gasteiger partial charge >= 0.3 is 0 Å². The summed E-state index contributed by atoms with van der Waals surface area (Å²) in [5.74, 6) is -1.29. The summed E-state index contributed by atoms with van der Waals surface area (Å²) in [4.78, 5) is 36.9. The van der Waals surface area contributed by atoms with Gasteiger partial charge in [0.25, 0.3) is 0 Å². The molecule has 1 aliphatic carbocycles. The number of thioether (sulfide) groups is 1. The number of fused-ring (bicyclic) bond motifs is 2. The van der Waals surface area contributed by atoms with Crippen molar-refractivity contribution in [2.75, 3.05) is 18.4 Å². The number of carbonyl (C=O) groups is 1. The summed E-state index contributed by atoms with van der Waals surface area (Å²) < 4.78 is 40.6. The van der Waals surface area contributed by atoms with E-state index < -0.39 is 21.9 Å². The number of amidine groups is 1. The lowest BCUT2D eigenvalue weighted by molar-refractivity contribution is -0.130. The van der Waals surface area contributed by atoms with E-state index in [4.69, 9.17) is 14.9 Å². The topological polar surface area (TPSA) is 145 Å². The predicted octanol–water partition coefficient (Wildman–Crippen LogP) is 4.27. The van der Waals surface area contributed by atoms with Gasteiger partial charge in [0.2, 0.25) is 11.8 Å². The number of anilines is 2. The monoisotopic (exact) mass is 592 g/mol. The highest BCUT2D eigenvalue weighted by atomic mass is 32.2. The van der Waals surface area contributed by atoms with Crippen LogP contribution >= 0.6 is 11.8 Å². The molecular weight excluding hydrogens is 566 g/mol. The molecule has 3 N–H and O–H groups in total. The average Bonchev–Trinajstić information content (AvgIpc) is 3.32. The summed E-state index contributed by atoms with van der Waals surface area (Å²) in [5.41, 5.74) is 6.10. The highest BCUT2D eigenvalue weighted by molar-refractivity contribution is 8.15. The summed E-state index contributed by atoms with van der Waals surface area (Å²) in [6.07, 6.45) is 8.19. The highest BCUT2D eigenvalue weighted by Gasteiger charge is 2.71. The Labute approximate surface area is 243 Å². The average molecular weight is 593 g/mol. The van der Waals surface area contributed by atoms with Crippen LogP contribution in [0.5, 0.6) is 5.75 Å². The SMILES string of the molecule is C[C@@]1(c2cc(Nc3ncnc4cc(OCc5ncco5)cnc34)cc(F)c2F)N=C(N)S[C@@]2(C(=O)N3CCCC3)C[C@@H]12. The van der Waals surface area contributed by atoms with Gasteiger partial charge in [0.15, 0.2) is 29.2 Å². The second-order valence-corrected chi connectivity index (χ2v) is 12.1. The molecule has 2 aliphatic heterocycles. The summed E-state index contributed by atoms with van der Waals surface area (Å²) in [5, 5.41) is 3.24. The second kappa shape index (κ2) is 9.89. The van der Waals surface area contributed by atoms with E-state index in [-0.39, 0.29) is 40.7 Å². The molecule has 7 rings (SSSR count). The van der Waals surface area contributed by atoms with Crippen molar-refractivity contribution in [3.05, 3.63) is 66.3 Å². The number of amides is 1. The van der Waals surface area contributed by atoms with Crippen molar-refractivity contribution in [2.24, 2.45) is 16.6 Å². The van der Waals surface area contributed by atoms with E-state index in [1.165, 1.54) is 42.8 Å². The molecule has 3 aromatic heterocycles. The molecule has 5 heterocycles. The van der Waals surface area contributed by atoms with Crippen LogP contribution in [0.4, 0.5) is 20.3 Å². The van der Waals surface area contributed by atoms with E-state index in [2.05, 4.69) is 30.2 Å². The minimum Gasteiger partial charge on any atom is -0.482 e. The Morgan fingerprint density at radius 1 is 1.21 bits per heavy atom. The Morgan fingerprint density at radius 2 is 2.05 bits per heavy atom. The molecular formula is C28H26F2N8O3S. The lowest BCUT2D eigenvalue weighted by Crippen LogP contribution is -2.45. The Balaban J connectivity index is 1.19. The van der Waals surface area contributed by atoms with Crippen molar-refractivity contribution in [3.8, 4) is 5.75 Å². The Morgan fingerprint density at radius 3 is 2.83 bits per heavy atom. The van der Waals surface area contributed by atoms with E-state index in [0.717, 1.165) is 18.9 Å². The van der Waals surface area contributed by atoms with Crippen molar-refractivity contribution < 1.29 is 22.7 Å². The van der Waals surface area contributed by atoms with Gasteiger partial charge in [-0.1, -0.05) is 11.8 Å². The van der Waals surface area contributed by atoms with Crippen molar-refractivity contribution in [2.45, 2.75) is 43.1 Å². The minimum atomic E-state index is -1.24. The Bertz CT molecular complexity index is 1730. The van der Waals surface area contributed by atoms with Crippen LogP contribution in [0.3, 0.4) is 0 Å². The number of likely N-dealkylation sites (tertiary alicyclic amines) is 1.